The van der Waals surface area contributed by atoms with Crippen LogP contribution in [0.4, 0.5) is 5.82 Å². The zero-order valence-corrected chi connectivity index (χ0v) is 11.8. The summed E-state index contributed by atoms with van der Waals surface area (Å²) >= 11 is 0. The van der Waals surface area contributed by atoms with Crippen LogP contribution in [0, 0.1) is 0 Å². The van der Waals surface area contributed by atoms with E-state index >= 15 is 0 Å². The maximum absolute atomic E-state index is 4.71. The van der Waals surface area contributed by atoms with Gasteiger partial charge in [-0.3, -0.25) is 4.98 Å². The van der Waals surface area contributed by atoms with E-state index in [1.54, 1.807) is 0 Å². The van der Waals surface area contributed by atoms with Gasteiger partial charge in [0.2, 0.25) is 0 Å². The first kappa shape index (κ1) is 13.1. The lowest BCUT2D eigenvalue weighted by atomic mass is 10.1. The summed E-state index contributed by atoms with van der Waals surface area (Å²) in [5.74, 6) is 0.969. The molecule has 1 aliphatic heterocycles. The molecule has 3 rings (SSSR count). The molecule has 0 bridgehead atoms. The molecule has 0 amide bonds. The minimum atomic E-state index is 0.787. The van der Waals surface area contributed by atoms with Crippen molar-refractivity contribution >= 4 is 5.82 Å². The molecule has 0 atom stereocenters. The normalized spacial score (nSPS) is 13.6. The lowest BCUT2D eigenvalue weighted by molar-refractivity contribution is 0.660. The molecular formula is C16H20N4. The molecule has 0 fully saturated rings. The third-order valence-electron chi connectivity index (χ3n) is 3.57. The summed E-state index contributed by atoms with van der Waals surface area (Å²) in [6.07, 6.45) is 4.83. The summed E-state index contributed by atoms with van der Waals surface area (Å²) in [7, 11) is 0. The maximum atomic E-state index is 4.71. The number of hydrogen-bond donors (Lipinski definition) is 1. The van der Waals surface area contributed by atoms with Gasteiger partial charge < -0.3 is 10.2 Å². The van der Waals surface area contributed by atoms with Gasteiger partial charge in [0.15, 0.2) is 0 Å². The van der Waals surface area contributed by atoms with Crippen molar-refractivity contribution in [1.82, 2.24) is 15.3 Å². The Morgan fingerprint density at radius 1 is 1.15 bits per heavy atom. The third-order valence-corrected chi connectivity index (χ3v) is 3.57. The molecule has 104 valence electrons. The van der Waals surface area contributed by atoms with E-state index in [1.807, 2.05) is 12.4 Å². The Morgan fingerprint density at radius 2 is 1.90 bits per heavy atom. The maximum Gasteiger partial charge on any atom is 0.148 e. The van der Waals surface area contributed by atoms with Gasteiger partial charge in [0.25, 0.3) is 0 Å². The summed E-state index contributed by atoms with van der Waals surface area (Å²) in [6, 6.07) is 8.57. The summed E-state index contributed by atoms with van der Waals surface area (Å²) < 4.78 is 0. The summed E-state index contributed by atoms with van der Waals surface area (Å²) in [6.45, 7) is 5.82. The molecule has 4 nitrogen and oxygen atoms in total. The van der Waals surface area contributed by atoms with E-state index in [-0.39, 0.29) is 0 Å². The van der Waals surface area contributed by atoms with Crippen LogP contribution in [-0.4, -0.2) is 16.5 Å². The van der Waals surface area contributed by atoms with Gasteiger partial charge in [-0.2, -0.15) is 0 Å². The Morgan fingerprint density at radius 3 is 2.60 bits per heavy atom. The van der Waals surface area contributed by atoms with Gasteiger partial charge >= 0.3 is 0 Å². The van der Waals surface area contributed by atoms with E-state index < -0.39 is 0 Å². The van der Waals surface area contributed by atoms with Gasteiger partial charge in [0, 0.05) is 25.8 Å². The predicted molar refractivity (Wildman–Crippen MR) is 80.4 cm³/mol. The highest BCUT2D eigenvalue weighted by Crippen LogP contribution is 2.26. The Balaban J connectivity index is 1.71. The van der Waals surface area contributed by atoms with Gasteiger partial charge in [0.05, 0.1) is 11.9 Å². The van der Waals surface area contributed by atoms with Gasteiger partial charge in [-0.15, -0.1) is 0 Å². The lowest BCUT2D eigenvalue weighted by Crippen LogP contribution is -2.19. The van der Waals surface area contributed by atoms with Crippen molar-refractivity contribution in [3.8, 4) is 0 Å². The number of benzene rings is 1. The van der Waals surface area contributed by atoms with E-state index in [0.29, 0.717) is 0 Å². The average molecular weight is 268 g/mol. The van der Waals surface area contributed by atoms with Crippen molar-refractivity contribution in [3.05, 3.63) is 53.5 Å². The summed E-state index contributed by atoms with van der Waals surface area (Å²) in [5.41, 5.74) is 3.79. The molecule has 1 aromatic heterocycles. The van der Waals surface area contributed by atoms with Crippen molar-refractivity contribution in [3.63, 3.8) is 0 Å². The second-order valence-corrected chi connectivity index (χ2v) is 5.17. The molecule has 2 heterocycles. The molecule has 1 aliphatic rings. The Hall–Kier alpha value is -1.94. The zero-order valence-electron chi connectivity index (χ0n) is 11.8. The van der Waals surface area contributed by atoms with Crippen molar-refractivity contribution in [2.75, 3.05) is 11.4 Å². The van der Waals surface area contributed by atoms with Gasteiger partial charge in [-0.25, -0.2) is 4.98 Å². The standard InChI is InChI=1S/C16H20N4/c1-2-7-17-8-15-9-18-10-16(19-15)20-11-13-5-3-4-6-14(13)12-20/h3-6,9-10,17H,2,7-8,11-12H2,1H3. The fraction of sp³-hybridized carbons (Fsp3) is 0.375. The van der Waals surface area contributed by atoms with Crippen LogP contribution in [0.1, 0.15) is 30.2 Å². The first-order valence-corrected chi connectivity index (χ1v) is 7.20. The Labute approximate surface area is 119 Å². The van der Waals surface area contributed by atoms with E-state index in [1.165, 1.54) is 11.1 Å². The van der Waals surface area contributed by atoms with Gasteiger partial charge in [0.1, 0.15) is 5.82 Å². The molecule has 20 heavy (non-hydrogen) atoms. The van der Waals surface area contributed by atoms with E-state index in [4.69, 9.17) is 4.98 Å². The minimum Gasteiger partial charge on any atom is -0.347 e. The molecule has 0 saturated carbocycles. The smallest absolute Gasteiger partial charge is 0.148 e. The number of aromatic nitrogens is 2. The fourth-order valence-electron chi connectivity index (χ4n) is 2.52. The zero-order chi connectivity index (χ0) is 13.8. The van der Waals surface area contributed by atoms with Crippen LogP contribution in [0.2, 0.25) is 0 Å². The average Bonchev–Trinajstić information content (AvgIpc) is 2.92. The third kappa shape index (κ3) is 2.80. The molecule has 0 radical (unpaired) electrons. The highest BCUT2D eigenvalue weighted by atomic mass is 15.2. The fourth-order valence-corrected chi connectivity index (χ4v) is 2.52. The lowest BCUT2D eigenvalue weighted by Gasteiger charge is -2.16. The number of nitrogens with one attached hydrogen (secondary N) is 1. The molecule has 0 aliphatic carbocycles. The number of hydrogen-bond acceptors (Lipinski definition) is 4. The van der Waals surface area contributed by atoms with Crippen LogP contribution in [0.3, 0.4) is 0 Å². The Bertz CT molecular complexity index is 557. The van der Waals surface area contributed by atoms with Crippen molar-refractivity contribution in [2.24, 2.45) is 0 Å². The second kappa shape index (κ2) is 6.01. The predicted octanol–water partition coefficient (Wildman–Crippen LogP) is 2.50. The molecule has 0 saturated heterocycles. The van der Waals surface area contributed by atoms with Crippen LogP contribution in [0.25, 0.3) is 0 Å². The van der Waals surface area contributed by atoms with Crippen LogP contribution < -0.4 is 10.2 Å². The van der Waals surface area contributed by atoms with Crippen LogP contribution >= 0.6 is 0 Å². The SMILES string of the molecule is CCCNCc1cncc(N2Cc3ccccc3C2)n1. The minimum absolute atomic E-state index is 0.787. The molecular weight excluding hydrogens is 248 g/mol. The van der Waals surface area contributed by atoms with Crippen molar-refractivity contribution < 1.29 is 0 Å². The largest absolute Gasteiger partial charge is 0.347 e. The number of fused-ring (bicyclic) bond motifs is 1. The molecule has 4 heteroatoms. The monoisotopic (exact) mass is 268 g/mol. The van der Waals surface area contributed by atoms with E-state index in [9.17, 15) is 0 Å². The van der Waals surface area contributed by atoms with Crippen molar-refractivity contribution in [1.29, 1.82) is 0 Å². The van der Waals surface area contributed by atoms with Crippen molar-refractivity contribution in [2.45, 2.75) is 33.0 Å². The Kier molecular flexibility index (Phi) is 3.92. The summed E-state index contributed by atoms with van der Waals surface area (Å²) in [5, 5.41) is 3.37. The van der Waals surface area contributed by atoms with E-state index in [0.717, 1.165) is 44.1 Å². The number of anilines is 1. The number of nitrogens with zero attached hydrogens (tertiary/aromatic N) is 3. The second-order valence-electron chi connectivity index (χ2n) is 5.17. The molecule has 0 spiro atoms. The van der Waals surface area contributed by atoms with Gasteiger partial charge in [-0.1, -0.05) is 31.2 Å². The first-order chi connectivity index (χ1) is 9.86. The quantitative estimate of drug-likeness (QED) is 0.846. The molecule has 1 aromatic carbocycles. The molecule has 2 aromatic rings. The summed E-state index contributed by atoms with van der Waals surface area (Å²) in [4.78, 5) is 11.3. The molecule has 1 N–H and O–H groups in total. The van der Waals surface area contributed by atoms with Crippen LogP contribution in [0.15, 0.2) is 36.7 Å². The van der Waals surface area contributed by atoms with Gasteiger partial charge in [-0.05, 0) is 24.1 Å². The number of rotatable bonds is 5. The van der Waals surface area contributed by atoms with Crippen LogP contribution in [0.5, 0.6) is 0 Å². The topological polar surface area (TPSA) is 41.1 Å². The van der Waals surface area contributed by atoms with E-state index in [2.05, 4.69) is 46.4 Å². The first-order valence-electron chi connectivity index (χ1n) is 7.20. The highest BCUT2D eigenvalue weighted by Gasteiger charge is 2.19. The highest BCUT2D eigenvalue weighted by molar-refractivity contribution is 5.46. The van der Waals surface area contributed by atoms with Crippen LogP contribution in [-0.2, 0) is 19.6 Å². The molecule has 0 unspecified atom stereocenters.